The van der Waals surface area contributed by atoms with E-state index >= 15 is 0 Å². The van der Waals surface area contributed by atoms with E-state index in [4.69, 9.17) is 16.9 Å². The summed E-state index contributed by atoms with van der Waals surface area (Å²) in [7, 11) is 0. The van der Waals surface area contributed by atoms with Crippen LogP contribution in [0.2, 0.25) is 5.02 Å². The van der Waals surface area contributed by atoms with Gasteiger partial charge in [-0.1, -0.05) is 35.9 Å². The van der Waals surface area contributed by atoms with Crippen LogP contribution in [0.25, 0.3) is 5.70 Å². The molecule has 0 aliphatic carbocycles. The van der Waals surface area contributed by atoms with E-state index < -0.39 is 0 Å². The van der Waals surface area contributed by atoms with Crippen LogP contribution in [-0.2, 0) is 6.42 Å². The number of aryl methyl sites for hydroxylation is 1. The van der Waals surface area contributed by atoms with Crippen molar-refractivity contribution in [1.82, 2.24) is 4.98 Å². The number of halogens is 1. The van der Waals surface area contributed by atoms with Gasteiger partial charge in [0.2, 0.25) is 0 Å². The van der Waals surface area contributed by atoms with Gasteiger partial charge in [0.05, 0.1) is 23.0 Å². The molecule has 112 valence electrons. The molecule has 0 bridgehead atoms. The van der Waals surface area contributed by atoms with Crippen molar-refractivity contribution < 1.29 is 0 Å². The van der Waals surface area contributed by atoms with Crippen molar-refractivity contribution >= 4 is 23.5 Å². The highest BCUT2D eigenvalue weighted by atomic mass is 35.5. The van der Waals surface area contributed by atoms with E-state index in [0.29, 0.717) is 5.56 Å². The summed E-state index contributed by atoms with van der Waals surface area (Å²) in [6.07, 6.45) is 9.35. The Hall–Kier alpha value is -2.70. The van der Waals surface area contributed by atoms with Crippen molar-refractivity contribution in [3.63, 3.8) is 0 Å². The maximum absolute atomic E-state index is 8.95. The van der Waals surface area contributed by atoms with Gasteiger partial charge in [-0.2, -0.15) is 5.26 Å². The van der Waals surface area contributed by atoms with Crippen molar-refractivity contribution in [2.75, 3.05) is 0 Å². The molecule has 3 nitrogen and oxygen atoms in total. The van der Waals surface area contributed by atoms with Gasteiger partial charge < -0.3 is 0 Å². The van der Waals surface area contributed by atoms with Crippen LogP contribution in [0.15, 0.2) is 65.3 Å². The normalized spacial score (nSPS) is 14.8. The lowest BCUT2D eigenvalue weighted by Gasteiger charge is -2.01. The summed E-state index contributed by atoms with van der Waals surface area (Å²) in [6.45, 7) is 0. The summed E-state index contributed by atoms with van der Waals surface area (Å²) in [4.78, 5) is 8.64. The molecule has 0 atom stereocenters. The van der Waals surface area contributed by atoms with Gasteiger partial charge in [-0.3, -0.25) is 9.98 Å². The second kappa shape index (κ2) is 7.04. The molecule has 1 aromatic carbocycles. The zero-order valence-corrected chi connectivity index (χ0v) is 13.2. The van der Waals surface area contributed by atoms with Crippen molar-refractivity contribution in [1.29, 1.82) is 5.26 Å². The number of rotatable bonds is 4. The second-order valence-corrected chi connectivity index (χ2v) is 5.57. The Balaban J connectivity index is 1.69. The molecule has 2 heterocycles. The Labute approximate surface area is 140 Å². The Bertz CT molecular complexity index is 857. The van der Waals surface area contributed by atoms with Crippen LogP contribution in [0.5, 0.6) is 0 Å². The van der Waals surface area contributed by atoms with Crippen molar-refractivity contribution in [3.05, 3.63) is 82.2 Å². The molecule has 23 heavy (non-hydrogen) atoms. The SMILES string of the molecule is N#Cc1ccnc(C2=C/C(=C/CCc3ccccc3Cl)C=N2)c1. The van der Waals surface area contributed by atoms with Crippen LogP contribution in [0.3, 0.4) is 0 Å². The average molecular weight is 320 g/mol. The second-order valence-electron chi connectivity index (χ2n) is 5.16. The monoisotopic (exact) mass is 319 g/mol. The van der Waals surface area contributed by atoms with Crippen molar-refractivity contribution in [3.8, 4) is 6.07 Å². The van der Waals surface area contributed by atoms with Gasteiger partial charge >= 0.3 is 0 Å². The smallest absolute Gasteiger partial charge is 0.0992 e. The van der Waals surface area contributed by atoms with E-state index in [0.717, 1.165) is 40.4 Å². The summed E-state index contributed by atoms with van der Waals surface area (Å²) >= 11 is 6.16. The fourth-order valence-electron chi connectivity index (χ4n) is 2.36. The minimum Gasteiger partial charge on any atom is -0.255 e. The van der Waals surface area contributed by atoms with Crippen LogP contribution in [0.4, 0.5) is 0 Å². The summed E-state index contributed by atoms with van der Waals surface area (Å²) in [5, 5.41) is 9.75. The number of allylic oxidation sites excluding steroid dienone is 3. The summed E-state index contributed by atoms with van der Waals surface area (Å²) in [5.74, 6) is 0. The number of benzene rings is 1. The van der Waals surface area contributed by atoms with E-state index in [9.17, 15) is 0 Å². The molecule has 4 heteroatoms. The fourth-order valence-corrected chi connectivity index (χ4v) is 2.59. The molecule has 0 N–H and O–H groups in total. The number of hydrogen-bond donors (Lipinski definition) is 0. The molecule has 0 unspecified atom stereocenters. The van der Waals surface area contributed by atoms with E-state index in [2.05, 4.69) is 22.1 Å². The minimum absolute atomic E-state index is 0.585. The molecule has 0 saturated heterocycles. The molecular weight excluding hydrogens is 306 g/mol. The maximum atomic E-state index is 8.95. The van der Waals surface area contributed by atoms with Gasteiger partial charge in [0, 0.05) is 17.4 Å². The average Bonchev–Trinajstić information content (AvgIpc) is 3.06. The van der Waals surface area contributed by atoms with E-state index in [1.807, 2.05) is 36.6 Å². The molecule has 0 spiro atoms. The van der Waals surface area contributed by atoms with Gasteiger partial charge in [-0.15, -0.1) is 0 Å². The van der Waals surface area contributed by atoms with Crippen LogP contribution >= 0.6 is 11.6 Å². The third-order valence-electron chi connectivity index (χ3n) is 3.56. The zero-order chi connectivity index (χ0) is 16.1. The molecule has 0 amide bonds. The van der Waals surface area contributed by atoms with Crippen LogP contribution < -0.4 is 0 Å². The fraction of sp³-hybridized carbons (Fsp3) is 0.105. The van der Waals surface area contributed by atoms with Gasteiger partial charge in [0.25, 0.3) is 0 Å². The molecule has 3 rings (SSSR count). The predicted molar refractivity (Wildman–Crippen MR) is 93.3 cm³/mol. The first-order chi connectivity index (χ1) is 11.3. The molecule has 1 aromatic heterocycles. The van der Waals surface area contributed by atoms with Crippen LogP contribution in [-0.4, -0.2) is 11.2 Å². The molecule has 2 aromatic rings. The number of nitriles is 1. The number of hydrogen-bond acceptors (Lipinski definition) is 3. The predicted octanol–water partition coefficient (Wildman–Crippen LogP) is 4.59. The van der Waals surface area contributed by atoms with Gasteiger partial charge in [-0.25, -0.2) is 0 Å². The van der Waals surface area contributed by atoms with E-state index in [-0.39, 0.29) is 0 Å². The third-order valence-corrected chi connectivity index (χ3v) is 3.93. The first-order valence-corrected chi connectivity index (χ1v) is 7.70. The molecule has 0 saturated carbocycles. The number of pyridine rings is 1. The number of aromatic nitrogens is 1. The van der Waals surface area contributed by atoms with Crippen molar-refractivity contribution in [2.24, 2.45) is 4.99 Å². The quantitative estimate of drug-likeness (QED) is 0.827. The van der Waals surface area contributed by atoms with Crippen molar-refractivity contribution in [2.45, 2.75) is 12.8 Å². The zero-order valence-electron chi connectivity index (χ0n) is 12.4. The lowest BCUT2D eigenvalue weighted by atomic mass is 10.1. The molecule has 0 fully saturated rings. The Kier molecular flexibility index (Phi) is 4.65. The molecule has 1 aliphatic rings. The van der Waals surface area contributed by atoms with Crippen LogP contribution in [0, 0.1) is 11.3 Å². The standard InChI is InChI=1S/C19H14ClN3/c20-17-7-2-1-5-16(17)6-3-4-15-11-19(23-13-15)18-10-14(12-21)8-9-22-18/h1-2,4-5,7-11,13H,3,6H2/b15-4-. The first-order valence-electron chi connectivity index (χ1n) is 7.32. The van der Waals surface area contributed by atoms with Crippen LogP contribution in [0.1, 0.15) is 23.2 Å². The highest BCUT2D eigenvalue weighted by Crippen LogP contribution is 2.22. The summed E-state index contributed by atoms with van der Waals surface area (Å²) in [6, 6.07) is 13.4. The summed E-state index contributed by atoms with van der Waals surface area (Å²) < 4.78 is 0. The minimum atomic E-state index is 0.585. The highest BCUT2D eigenvalue weighted by molar-refractivity contribution is 6.31. The lowest BCUT2D eigenvalue weighted by molar-refractivity contribution is 1.000. The lowest BCUT2D eigenvalue weighted by Crippen LogP contribution is -1.86. The topological polar surface area (TPSA) is 49.0 Å². The van der Waals surface area contributed by atoms with E-state index in [1.54, 1.807) is 18.3 Å². The highest BCUT2D eigenvalue weighted by Gasteiger charge is 2.08. The number of aliphatic imine (C=N–C) groups is 1. The number of nitrogens with zero attached hydrogens (tertiary/aromatic N) is 3. The van der Waals surface area contributed by atoms with Gasteiger partial charge in [0.15, 0.2) is 0 Å². The largest absolute Gasteiger partial charge is 0.255 e. The third kappa shape index (κ3) is 3.74. The Morgan fingerprint density at radius 2 is 2.09 bits per heavy atom. The Morgan fingerprint density at radius 3 is 2.91 bits per heavy atom. The maximum Gasteiger partial charge on any atom is 0.0992 e. The van der Waals surface area contributed by atoms with E-state index in [1.165, 1.54) is 0 Å². The molecular formula is C19H14ClN3. The first kappa shape index (κ1) is 15.2. The molecule has 1 aliphatic heterocycles. The molecule has 0 radical (unpaired) electrons. The summed E-state index contributed by atoms with van der Waals surface area (Å²) in [5.41, 5.74) is 4.29. The van der Waals surface area contributed by atoms with Gasteiger partial charge in [-0.05, 0) is 48.3 Å². The van der Waals surface area contributed by atoms with Gasteiger partial charge in [0.1, 0.15) is 0 Å². The Morgan fingerprint density at radius 1 is 1.22 bits per heavy atom.